The van der Waals surface area contributed by atoms with Crippen molar-refractivity contribution in [1.29, 1.82) is 0 Å². The average molecular weight is 436 g/mol. The number of anilines is 1. The quantitative estimate of drug-likeness (QED) is 0.589. The van der Waals surface area contributed by atoms with Gasteiger partial charge in [-0.15, -0.1) is 11.3 Å². The summed E-state index contributed by atoms with van der Waals surface area (Å²) in [5, 5.41) is 6.88. The number of ether oxygens (including phenoxy) is 1. The summed E-state index contributed by atoms with van der Waals surface area (Å²) in [5.41, 5.74) is 1.81. The van der Waals surface area contributed by atoms with E-state index in [-0.39, 0.29) is 5.91 Å². The molecule has 0 bridgehead atoms. The van der Waals surface area contributed by atoms with Gasteiger partial charge >= 0.3 is 0 Å². The number of likely N-dealkylation sites (tertiary alicyclic amines) is 1. The van der Waals surface area contributed by atoms with Gasteiger partial charge in [0.1, 0.15) is 10.8 Å². The largest absolute Gasteiger partial charge is 0.495 e. The van der Waals surface area contributed by atoms with Gasteiger partial charge in [0.25, 0.3) is 0 Å². The fourth-order valence-electron chi connectivity index (χ4n) is 3.71. The molecule has 1 aliphatic rings. The number of halogens is 1. The van der Waals surface area contributed by atoms with Crippen molar-refractivity contribution >= 4 is 34.5 Å². The van der Waals surface area contributed by atoms with Crippen LogP contribution < -0.4 is 10.1 Å². The van der Waals surface area contributed by atoms with Crippen LogP contribution in [0.25, 0.3) is 0 Å². The van der Waals surface area contributed by atoms with Crippen molar-refractivity contribution in [2.24, 2.45) is 5.92 Å². The second kappa shape index (κ2) is 10.4. The normalized spacial score (nSPS) is 17.5. The first-order valence-electron chi connectivity index (χ1n) is 10.2. The molecule has 158 valence electrons. The van der Waals surface area contributed by atoms with Crippen molar-refractivity contribution in [2.45, 2.75) is 52.0 Å². The van der Waals surface area contributed by atoms with E-state index >= 15 is 0 Å². The van der Waals surface area contributed by atoms with Crippen molar-refractivity contribution in [3.8, 4) is 5.75 Å². The van der Waals surface area contributed by atoms with E-state index in [0.717, 1.165) is 26.1 Å². The molecule has 5 nitrogen and oxygen atoms in total. The molecular weight excluding hydrogens is 406 g/mol. The van der Waals surface area contributed by atoms with E-state index in [2.05, 4.69) is 29.4 Å². The zero-order chi connectivity index (χ0) is 20.8. The van der Waals surface area contributed by atoms with Gasteiger partial charge in [0.15, 0.2) is 0 Å². The summed E-state index contributed by atoms with van der Waals surface area (Å²) < 4.78 is 5.30. The third-order valence-electron chi connectivity index (χ3n) is 5.34. The highest BCUT2D eigenvalue weighted by Crippen LogP contribution is 2.29. The Hall–Kier alpha value is -1.63. The number of rotatable bonds is 8. The summed E-state index contributed by atoms with van der Waals surface area (Å²) in [6.07, 6.45) is 3.75. The Morgan fingerprint density at radius 1 is 1.45 bits per heavy atom. The first kappa shape index (κ1) is 22.1. The lowest BCUT2D eigenvalue weighted by Gasteiger charge is -2.32. The molecular formula is C22H30ClN3O2S. The van der Waals surface area contributed by atoms with Gasteiger partial charge in [0.05, 0.1) is 25.0 Å². The molecule has 0 aliphatic carbocycles. The molecule has 0 saturated carbocycles. The standard InChI is InChI=1S/C22H30ClN3O2S/c1-15(2)19-14-29-22(25-19)13-26-10-4-5-16(12-26)6-9-21(27)24-18-11-17(23)7-8-20(18)28-3/h7-8,11,14-16H,4-6,9-10,12-13H2,1-3H3,(H,24,27)/t16-/m1/s1. The van der Waals surface area contributed by atoms with Gasteiger partial charge < -0.3 is 10.1 Å². The Balaban J connectivity index is 1.47. The number of carbonyl (C=O) groups is 1. The summed E-state index contributed by atoms with van der Waals surface area (Å²) in [7, 11) is 1.59. The van der Waals surface area contributed by atoms with Gasteiger partial charge in [-0.3, -0.25) is 9.69 Å². The molecule has 1 amide bonds. The van der Waals surface area contributed by atoms with Gasteiger partial charge in [-0.2, -0.15) is 0 Å². The van der Waals surface area contributed by atoms with Crippen LogP contribution in [0.15, 0.2) is 23.6 Å². The number of hydrogen-bond acceptors (Lipinski definition) is 5. The van der Waals surface area contributed by atoms with Crippen molar-refractivity contribution in [3.05, 3.63) is 39.3 Å². The van der Waals surface area contributed by atoms with E-state index in [1.165, 1.54) is 23.5 Å². The Morgan fingerprint density at radius 2 is 2.28 bits per heavy atom. The summed E-state index contributed by atoms with van der Waals surface area (Å²) in [4.78, 5) is 19.7. The Kier molecular flexibility index (Phi) is 7.92. The number of carbonyl (C=O) groups excluding carboxylic acids is 1. The van der Waals surface area contributed by atoms with Crippen LogP contribution in [0.1, 0.15) is 56.2 Å². The molecule has 1 N–H and O–H groups in total. The lowest BCUT2D eigenvalue weighted by atomic mass is 9.93. The maximum atomic E-state index is 12.4. The molecule has 1 aromatic heterocycles. The van der Waals surface area contributed by atoms with Crippen molar-refractivity contribution in [3.63, 3.8) is 0 Å². The van der Waals surface area contributed by atoms with Crippen LogP contribution in [-0.4, -0.2) is 36.0 Å². The van der Waals surface area contributed by atoms with Crippen LogP contribution in [0.3, 0.4) is 0 Å². The van der Waals surface area contributed by atoms with E-state index in [9.17, 15) is 4.79 Å². The number of aromatic nitrogens is 1. The van der Waals surface area contributed by atoms with E-state index in [1.54, 1.807) is 36.6 Å². The molecule has 1 atom stereocenters. The lowest BCUT2D eigenvalue weighted by Crippen LogP contribution is -2.35. The van der Waals surface area contributed by atoms with E-state index in [4.69, 9.17) is 21.3 Å². The lowest BCUT2D eigenvalue weighted by molar-refractivity contribution is -0.116. The van der Waals surface area contributed by atoms with Crippen LogP contribution in [-0.2, 0) is 11.3 Å². The minimum atomic E-state index is 0.00388. The van der Waals surface area contributed by atoms with Crippen molar-refractivity contribution in [1.82, 2.24) is 9.88 Å². The van der Waals surface area contributed by atoms with Crippen LogP contribution >= 0.6 is 22.9 Å². The Morgan fingerprint density at radius 3 is 3.00 bits per heavy atom. The highest BCUT2D eigenvalue weighted by Gasteiger charge is 2.22. The molecule has 1 saturated heterocycles. The fraction of sp³-hybridized carbons (Fsp3) is 0.545. The fourth-order valence-corrected chi connectivity index (χ4v) is 4.88. The number of hydrogen-bond donors (Lipinski definition) is 1. The maximum absolute atomic E-state index is 12.4. The van der Waals surface area contributed by atoms with E-state index in [0.29, 0.717) is 34.7 Å². The summed E-state index contributed by atoms with van der Waals surface area (Å²) in [6.45, 7) is 7.42. The van der Waals surface area contributed by atoms with Gasteiger partial charge in [0.2, 0.25) is 5.91 Å². The predicted molar refractivity (Wildman–Crippen MR) is 120 cm³/mol. The highest BCUT2D eigenvalue weighted by molar-refractivity contribution is 7.09. The molecule has 29 heavy (non-hydrogen) atoms. The number of thiazole rings is 1. The minimum Gasteiger partial charge on any atom is -0.495 e. The summed E-state index contributed by atoms with van der Waals surface area (Å²) >= 11 is 7.80. The van der Waals surface area contributed by atoms with Crippen LogP contribution in [0.4, 0.5) is 5.69 Å². The average Bonchev–Trinajstić information content (AvgIpc) is 3.16. The molecule has 0 radical (unpaired) electrons. The monoisotopic (exact) mass is 435 g/mol. The third kappa shape index (κ3) is 6.43. The molecule has 1 fully saturated rings. The molecule has 3 rings (SSSR count). The van der Waals surface area contributed by atoms with Gasteiger partial charge in [-0.05, 0) is 55.8 Å². The number of piperidine rings is 1. The van der Waals surface area contributed by atoms with Crippen LogP contribution in [0, 0.1) is 5.92 Å². The third-order valence-corrected chi connectivity index (χ3v) is 6.43. The SMILES string of the molecule is COc1ccc(Cl)cc1NC(=O)CC[C@H]1CCCN(Cc2nc(C(C)C)cs2)C1. The second-order valence-corrected chi connectivity index (χ2v) is 9.37. The molecule has 1 aliphatic heterocycles. The number of nitrogens with zero attached hydrogens (tertiary/aromatic N) is 2. The minimum absolute atomic E-state index is 0.00388. The molecule has 2 aromatic rings. The maximum Gasteiger partial charge on any atom is 0.224 e. The zero-order valence-corrected chi connectivity index (χ0v) is 19.0. The van der Waals surface area contributed by atoms with Crippen molar-refractivity contribution in [2.75, 3.05) is 25.5 Å². The molecule has 0 unspecified atom stereocenters. The molecule has 7 heteroatoms. The van der Waals surface area contributed by atoms with Crippen LogP contribution in [0.2, 0.25) is 5.02 Å². The van der Waals surface area contributed by atoms with E-state index in [1.807, 2.05) is 0 Å². The zero-order valence-electron chi connectivity index (χ0n) is 17.4. The molecule has 0 spiro atoms. The Bertz CT molecular complexity index is 824. The predicted octanol–water partition coefficient (Wildman–Crippen LogP) is 5.56. The summed E-state index contributed by atoms with van der Waals surface area (Å²) in [5.74, 6) is 1.64. The van der Waals surface area contributed by atoms with Crippen LogP contribution in [0.5, 0.6) is 5.75 Å². The van der Waals surface area contributed by atoms with E-state index < -0.39 is 0 Å². The number of benzene rings is 1. The highest BCUT2D eigenvalue weighted by atomic mass is 35.5. The number of amides is 1. The Labute approximate surface area is 182 Å². The summed E-state index contributed by atoms with van der Waals surface area (Å²) in [6, 6.07) is 5.24. The smallest absolute Gasteiger partial charge is 0.224 e. The first-order valence-corrected chi connectivity index (χ1v) is 11.5. The van der Waals surface area contributed by atoms with Gasteiger partial charge in [-0.25, -0.2) is 4.98 Å². The topological polar surface area (TPSA) is 54.5 Å². The van der Waals surface area contributed by atoms with Crippen molar-refractivity contribution < 1.29 is 9.53 Å². The first-order chi connectivity index (χ1) is 13.9. The number of nitrogens with one attached hydrogen (secondary N) is 1. The molecule has 1 aromatic carbocycles. The molecule has 2 heterocycles. The number of methoxy groups -OCH3 is 1. The van der Waals surface area contributed by atoms with Gasteiger partial charge in [-0.1, -0.05) is 25.4 Å². The second-order valence-electron chi connectivity index (χ2n) is 8.00. The van der Waals surface area contributed by atoms with Gasteiger partial charge in [0, 0.05) is 23.4 Å².